The van der Waals surface area contributed by atoms with Crippen molar-refractivity contribution in [2.45, 2.75) is 38.1 Å². The van der Waals surface area contributed by atoms with Crippen LogP contribution >= 0.6 is 23.2 Å². The van der Waals surface area contributed by atoms with Gasteiger partial charge in [0, 0.05) is 34.4 Å². The summed E-state index contributed by atoms with van der Waals surface area (Å²) < 4.78 is 0. The van der Waals surface area contributed by atoms with Crippen LogP contribution in [0.15, 0.2) is 36.5 Å². The van der Waals surface area contributed by atoms with Gasteiger partial charge >= 0.3 is 0 Å². The van der Waals surface area contributed by atoms with Crippen LogP contribution in [-0.2, 0) is 6.42 Å². The van der Waals surface area contributed by atoms with Gasteiger partial charge in [-0.25, -0.2) is 4.98 Å². The molecule has 1 aliphatic rings. The number of carbonyl (C=O) groups is 1. The SMILES string of the molecule is O=C(NCCc1ccc(Cl)cc1Cl)c1ccnc(NC2CCCC2)c1. The highest BCUT2D eigenvalue weighted by Crippen LogP contribution is 2.22. The zero-order valence-electron chi connectivity index (χ0n) is 13.9. The molecule has 0 spiro atoms. The second-order valence-electron chi connectivity index (χ2n) is 6.30. The molecule has 1 aromatic heterocycles. The van der Waals surface area contributed by atoms with Gasteiger partial charge in [0.15, 0.2) is 0 Å². The number of amides is 1. The molecule has 6 heteroatoms. The summed E-state index contributed by atoms with van der Waals surface area (Å²) in [6, 6.07) is 9.40. The summed E-state index contributed by atoms with van der Waals surface area (Å²) in [5.41, 5.74) is 1.57. The summed E-state index contributed by atoms with van der Waals surface area (Å²) in [5, 5.41) is 7.56. The number of halogens is 2. The van der Waals surface area contributed by atoms with Gasteiger partial charge in [0.05, 0.1) is 0 Å². The van der Waals surface area contributed by atoms with Crippen LogP contribution in [0, 0.1) is 0 Å². The minimum atomic E-state index is -0.109. The molecule has 0 atom stereocenters. The van der Waals surface area contributed by atoms with Gasteiger partial charge in [0.2, 0.25) is 0 Å². The molecule has 2 aromatic rings. The van der Waals surface area contributed by atoms with E-state index in [1.807, 2.05) is 12.1 Å². The Morgan fingerprint density at radius 2 is 1.96 bits per heavy atom. The van der Waals surface area contributed by atoms with Crippen molar-refractivity contribution < 1.29 is 4.79 Å². The minimum absolute atomic E-state index is 0.109. The molecular formula is C19H21Cl2N3O. The number of rotatable bonds is 6. The molecule has 1 heterocycles. The number of pyridine rings is 1. The summed E-state index contributed by atoms with van der Waals surface area (Å²) >= 11 is 12.0. The summed E-state index contributed by atoms with van der Waals surface area (Å²) in [4.78, 5) is 16.7. The Bertz CT molecular complexity index is 745. The zero-order chi connectivity index (χ0) is 17.6. The van der Waals surface area contributed by atoms with Gasteiger partial charge in [0.25, 0.3) is 5.91 Å². The maximum Gasteiger partial charge on any atom is 0.251 e. The number of nitrogens with one attached hydrogen (secondary N) is 2. The molecule has 25 heavy (non-hydrogen) atoms. The lowest BCUT2D eigenvalue weighted by atomic mass is 10.1. The molecule has 3 rings (SSSR count). The van der Waals surface area contributed by atoms with Gasteiger partial charge in [-0.2, -0.15) is 0 Å². The molecule has 1 aliphatic carbocycles. The largest absolute Gasteiger partial charge is 0.367 e. The fourth-order valence-corrected chi connectivity index (χ4v) is 3.57. The molecule has 1 saturated carbocycles. The maximum atomic E-state index is 12.3. The van der Waals surface area contributed by atoms with Gasteiger partial charge in [0.1, 0.15) is 5.82 Å². The summed E-state index contributed by atoms with van der Waals surface area (Å²) in [6.07, 6.45) is 7.17. The summed E-state index contributed by atoms with van der Waals surface area (Å²) in [7, 11) is 0. The van der Waals surface area contributed by atoms with Crippen LogP contribution in [0.5, 0.6) is 0 Å². The quantitative estimate of drug-likeness (QED) is 0.765. The van der Waals surface area contributed by atoms with E-state index in [4.69, 9.17) is 23.2 Å². The minimum Gasteiger partial charge on any atom is -0.367 e. The molecule has 1 amide bonds. The van der Waals surface area contributed by atoms with Gasteiger partial charge in [-0.15, -0.1) is 0 Å². The van der Waals surface area contributed by atoms with Gasteiger partial charge in [-0.05, 0) is 49.1 Å². The lowest BCUT2D eigenvalue weighted by molar-refractivity contribution is 0.0954. The van der Waals surface area contributed by atoms with Gasteiger partial charge < -0.3 is 10.6 Å². The first-order chi connectivity index (χ1) is 12.1. The fourth-order valence-electron chi connectivity index (χ4n) is 3.07. The Kier molecular flexibility index (Phi) is 6.16. The number of aromatic nitrogens is 1. The topological polar surface area (TPSA) is 54.0 Å². The van der Waals surface area contributed by atoms with Crippen LogP contribution in [0.3, 0.4) is 0 Å². The normalized spacial score (nSPS) is 14.5. The first-order valence-corrected chi connectivity index (χ1v) is 9.32. The predicted octanol–water partition coefficient (Wildman–Crippen LogP) is 4.72. The van der Waals surface area contributed by atoms with Crippen molar-refractivity contribution in [3.63, 3.8) is 0 Å². The van der Waals surface area contributed by atoms with Crippen LogP contribution in [0.4, 0.5) is 5.82 Å². The number of anilines is 1. The van der Waals surface area contributed by atoms with E-state index in [9.17, 15) is 4.79 Å². The third-order valence-corrected chi connectivity index (χ3v) is 5.01. The zero-order valence-corrected chi connectivity index (χ0v) is 15.4. The second kappa shape index (κ2) is 8.54. The molecule has 0 unspecified atom stereocenters. The summed E-state index contributed by atoms with van der Waals surface area (Å²) in [5.74, 6) is 0.655. The van der Waals surface area contributed by atoms with Crippen molar-refractivity contribution in [3.05, 3.63) is 57.7 Å². The van der Waals surface area contributed by atoms with Crippen molar-refractivity contribution >= 4 is 34.9 Å². The highest BCUT2D eigenvalue weighted by molar-refractivity contribution is 6.35. The molecule has 0 saturated heterocycles. The van der Waals surface area contributed by atoms with Crippen molar-refractivity contribution in [3.8, 4) is 0 Å². The molecule has 2 N–H and O–H groups in total. The van der Waals surface area contributed by atoms with E-state index in [1.165, 1.54) is 25.7 Å². The lowest BCUT2D eigenvalue weighted by Crippen LogP contribution is -2.26. The summed E-state index contributed by atoms with van der Waals surface area (Å²) in [6.45, 7) is 0.508. The predicted molar refractivity (Wildman–Crippen MR) is 103 cm³/mol. The molecular weight excluding hydrogens is 357 g/mol. The number of carbonyl (C=O) groups excluding carboxylic acids is 1. The Morgan fingerprint density at radius 1 is 1.16 bits per heavy atom. The first-order valence-electron chi connectivity index (χ1n) is 8.56. The molecule has 4 nitrogen and oxygen atoms in total. The maximum absolute atomic E-state index is 12.3. The van der Waals surface area contributed by atoms with Crippen molar-refractivity contribution in [2.24, 2.45) is 0 Å². The van der Waals surface area contributed by atoms with Crippen molar-refractivity contribution in [1.29, 1.82) is 0 Å². The standard InChI is InChI=1S/C19H21Cl2N3O/c20-15-6-5-13(17(21)12-15)7-10-23-19(25)14-8-9-22-18(11-14)24-16-3-1-2-4-16/h5-6,8-9,11-12,16H,1-4,7,10H2,(H,22,24)(H,23,25). The molecule has 0 bridgehead atoms. The smallest absolute Gasteiger partial charge is 0.251 e. The monoisotopic (exact) mass is 377 g/mol. The number of hydrogen-bond acceptors (Lipinski definition) is 3. The Hall–Kier alpha value is -1.78. The van der Waals surface area contributed by atoms with Crippen molar-refractivity contribution in [2.75, 3.05) is 11.9 Å². The Labute approximate surface area is 157 Å². The van der Waals surface area contributed by atoms with Gasteiger partial charge in [-0.3, -0.25) is 4.79 Å². The van der Waals surface area contributed by atoms with Crippen LogP contribution < -0.4 is 10.6 Å². The fraction of sp³-hybridized carbons (Fsp3) is 0.368. The van der Waals surface area contributed by atoms with E-state index in [1.54, 1.807) is 24.4 Å². The highest BCUT2D eigenvalue weighted by atomic mass is 35.5. The van der Waals surface area contributed by atoms with E-state index in [2.05, 4.69) is 15.6 Å². The average molecular weight is 378 g/mol. The van der Waals surface area contributed by atoms with Crippen LogP contribution in [0.25, 0.3) is 0 Å². The molecule has 1 aromatic carbocycles. The number of nitrogens with zero attached hydrogens (tertiary/aromatic N) is 1. The molecule has 0 radical (unpaired) electrons. The van der Waals surface area contributed by atoms with Crippen LogP contribution in [0.1, 0.15) is 41.6 Å². The van der Waals surface area contributed by atoms with Crippen LogP contribution in [-0.4, -0.2) is 23.5 Å². The number of hydrogen-bond donors (Lipinski definition) is 2. The second-order valence-corrected chi connectivity index (χ2v) is 7.14. The van der Waals surface area contributed by atoms with E-state index in [-0.39, 0.29) is 5.91 Å². The first kappa shape index (κ1) is 18.0. The Morgan fingerprint density at radius 3 is 2.72 bits per heavy atom. The van der Waals surface area contributed by atoms with Crippen molar-refractivity contribution in [1.82, 2.24) is 10.3 Å². The van der Waals surface area contributed by atoms with E-state index in [0.29, 0.717) is 34.6 Å². The third-order valence-electron chi connectivity index (χ3n) is 4.42. The van der Waals surface area contributed by atoms with E-state index >= 15 is 0 Å². The lowest BCUT2D eigenvalue weighted by Gasteiger charge is -2.13. The van der Waals surface area contributed by atoms with E-state index in [0.717, 1.165) is 11.4 Å². The highest BCUT2D eigenvalue weighted by Gasteiger charge is 2.15. The third kappa shape index (κ3) is 5.10. The Balaban J connectivity index is 1.54. The molecule has 0 aliphatic heterocycles. The van der Waals surface area contributed by atoms with E-state index < -0.39 is 0 Å². The molecule has 1 fully saturated rings. The van der Waals surface area contributed by atoms with Gasteiger partial charge in [-0.1, -0.05) is 42.1 Å². The average Bonchev–Trinajstić information content (AvgIpc) is 3.10. The van der Waals surface area contributed by atoms with Crippen LogP contribution in [0.2, 0.25) is 10.0 Å². The molecule has 132 valence electrons. The number of benzene rings is 1.